The maximum atomic E-state index is 12.8. The molecule has 0 bridgehead atoms. The zero-order chi connectivity index (χ0) is 20.2. The lowest BCUT2D eigenvalue weighted by Crippen LogP contribution is -2.36. The number of hydrogen-bond acceptors (Lipinski definition) is 5. The molecular formula is C22H25N3O3S. The maximum absolute atomic E-state index is 12.8. The van der Waals surface area contributed by atoms with Gasteiger partial charge >= 0.3 is 0 Å². The van der Waals surface area contributed by atoms with Crippen LogP contribution in [0.15, 0.2) is 41.6 Å². The molecule has 4 rings (SSSR count). The van der Waals surface area contributed by atoms with Gasteiger partial charge in [-0.1, -0.05) is 11.8 Å². The van der Waals surface area contributed by atoms with Crippen molar-refractivity contribution in [3.63, 3.8) is 0 Å². The Labute approximate surface area is 175 Å². The Bertz CT molecular complexity index is 895. The molecule has 0 radical (unpaired) electrons. The molecule has 0 aliphatic carbocycles. The lowest BCUT2D eigenvalue weighted by molar-refractivity contribution is -0.116. The molecule has 1 aromatic carbocycles. The summed E-state index contributed by atoms with van der Waals surface area (Å²) in [5.41, 5.74) is 2.74. The number of anilines is 1. The van der Waals surface area contributed by atoms with E-state index in [0.29, 0.717) is 11.3 Å². The maximum Gasteiger partial charge on any atom is 0.255 e. The first-order chi connectivity index (χ1) is 14.2. The molecule has 1 aromatic heterocycles. The van der Waals surface area contributed by atoms with Crippen molar-refractivity contribution in [2.75, 3.05) is 37.4 Å². The molecule has 6 nitrogen and oxygen atoms in total. The number of rotatable bonds is 5. The SMILES string of the molecule is COc1ccc2c(c1)CCCN2C(=O)CSc1ccc(C(=O)N2CCCC2)cn1. The van der Waals surface area contributed by atoms with Crippen LogP contribution in [-0.2, 0) is 11.2 Å². The molecule has 2 amide bonds. The second-order valence-electron chi connectivity index (χ2n) is 7.32. The second kappa shape index (κ2) is 8.86. The summed E-state index contributed by atoms with van der Waals surface area (Å²) in [6.45, 7) is 2.38. The summed E-state index contributed by atoms with van der Waals surface area (Å²) in [6.07, 6.45) is 5.67. The number of hydrogen-bond donors (Lipinski definition) is 0. The highest BCUT2D eigenvalue weighted by Gasteiger charge is 2.23. The first-order valence-electron chi connectivity index (χ1n) is 10.0. The van der Waals surface area contributed by atoms with Crippen molar-refractivity contribution in [2.24, 2.45) is 0 Å². The Morgan fingerprint density at radius 3 is 2.66 bits per heavy atom. The average molecular weight is 412 g/mol. The van der Waals surface area contributed by atoms with E-state index < -0.39 is 0 Å². The number of amides is 2. The molecule has 152 valence electrons. The summed E-state index contributed by atoms with van der Waals surface area (Å²) < 4.78 is 5.30. The van der Waals surface area contributed by atoms with E-state index in [0.717, 1.165) is 67.3 Å². The number of aromatic nitrogens is 1. The minimum atomic E-state index is 0.0444. The smallest absolute Gasteiger partial charge is 0.255 e. The van der Waals surface area contributed by atoms with Crippen LogP contribution in [0.5, 0.6) is 5.75 Å². The van der Waals surface area contributed by atoms with Crippen LogP contribution in [0.4, 0.5) is 5.69 Å². The van der Waals surface area contributed by atoms with Gasteiger partial charge in [0.25, 0.3) is 5.91 Å². The minimum Gasteiger partial charge on any atom is -0.497 e. The summed E-state index contributed by atoms with van der Waals surface area (Å²) in [4.78, 5) is 33.3. The van der Waals surface area contributed by atoms with E-state index >= 15 is 0 Å². The van der Waals surface area contributed by atoms with Gasteiger partial charge in [-0.25, -0.2) is 4.98 Å². The molecular weight excluding hydrogens is 386 g/mol. The second-order valence-corrected chi connectivity index (χ2v) is 8.31. The van der Waals surface area contributed by atoms with Crippen molar-refractivity contribution in [3.05, 3.63) is 47.7 Å². The van der Waals surface area contributed by atoms with Crippen molar-refractivity contribution in [3.8, 4) is 5.75 Å². The predicted octanol–water partition coefficient (Wildman–Crippen LogP) is 3.40. The lowest BCUT2D eigenvalue weighted by Gasteiger charge is -2.29. The van der Waals surface area contributed by atoms with Gasteiger partial charge in [0.05, 0.1) is 23.5 Å². The first kappa shape index (κ1) is 19.8. The van der Waals surface area contributed by atoms with Gasteiger partial charge in [0.2, 0.25) is 5.91 Å². The number of carbonyl (C=O) groups excluding carboxylic acids is 2. The van der Waals surface area contributed by atoms with E-state index in [4.69, 9.17) is 4.74 Å². The molecule has 1 fully saturated rings. The highest BCUT2D eigenvalue weighted by atomic mass is 32.2. The van der Waals surface area contributed by atoms with E-state index in [1.165, 1.54) is 11.8 Å². The van der Waals surface area contributed by atoms with Crippen molar-refractivity contribution >= 4 is 29.3 Å². The Morgan fingerprint density at radius 2 is 1.93 bits per heavy atom. The number of thioether (sulfide) groups is 1. The average Bonchev–Trinajstić information content (AvgIpc) is 3.31. The molecule has 0 atom stereocenters. The zero-order valence-corrected chi connectivity index (χ0v) is 17.4. The topological polar surface area (TPSA) is 62.7 Å². The largest absolute Gasteiger partial charge is 0.497 e. The van der Waals surface area contributed by atoms with Crippen LogP contribution in [0.1, 0.15) is 35.2 Å². The molecule has 1 saturated heterocycles. The number of methoxy groups -OCH3 is 1. The molecule has 2 aliphatic heterocycles. The number of benzene rings is 1. The normalized spacial score (nSPS) is 15.9. The molecule has 2 aromatic rings. The van der Waals surface area contributed by atoms with Crippen molar-refractivity contribution < 1.29 is 14.3 Å². The van der Waals surface area contributed by atoms with Crippen molar-refractivity contribution in [2.45, 2.75) is 30.7 Å². The third-order valence-electron chi connectivity index (χ3n) is 5.43. The first-order valence-corrected chi connectivity index (χ1v) is 11.0. The summed E-state index contributed by atoms with van der Waals surface area (Å²) in [6, 6.07) is 9.51. The third-order valence-corrected chi connectivity index (χ3v) is 6.35. The molecule has 29 heavy (non-hydrogen) atoms. The fourth-order valence-electron chi connectivity index (χ4n) is 3.87. The van der Waals surface area contributed by atoms with Gasteiger partial charge in [-0.15, -0.1) is 0 Å². The lowest BCUT2D eigenvalue weighted by atomic mass is 10.0. The van der Waals surface area contributed by atoms with Crippen LogP contribution >= 0.6 is 11.8 Å². The molecule has 0 saturated carbocycles. The molecule has 2 aliphatic rings. The Kier molecular flexibility index (Phi) is 6.04. The molecule has 0 N–H and O–H groups in total. The quantitative estimate of drug-likeness (QED) is 0.706. The summed E-state index contributed by atoms with van der Waals surface area (Å²) in [5, 5.41) is 0.753. The van der Waals surface area contributed by atoms with Gasteiger partial charge in [-0.05, 0) is 61.6 Å². The third kappa shape index (κ3) is 4.40. The number of likely N-dealkylation sites (tertiary alicyclic amines) is 1. The fraction of sp³-hybridized carbons (Fsp3) is 0.409. The Hall–Kier alpha value is -2.54. The monoisotopic (exact) mass is 411 g/mol. The predicted molar refractivity (Wildman–Crippen MR) is 114 cm³/mol. The highest BCUT2D eigenvalue weighted by molar-refractivity contribution is 7.99. The molecule has 0 unspecified atom stereocenters. The number of pyridine rings is 1. The van der Waals surface area contributed by atoms with Crippen molar-refractivity contribution in [1.82, 2.24) is 9.88 Å². The zero-order valence-electron chi connectivity index (χ0n) is 16.6. The van der Waals surface area contributed by atoms with E-state index in [9.17, 15) is 9.59 Å². The van der Waals surface area contributed by atoms with Crippen LogP contribution in [0.25, 0.3) is 0 Å². The van der Waals surface area contributed by atoms with E-state index in [1.807, 2.05) is 40.1 Å². The number of fused-ring (bicyclic) bond motifs is 1. The van der Waals surface area contributed by atoms with Gasteiger partial charge in [0.15, 0.2) is 0 Å². The standard InChI is InChI=1S/C22H25N3O3S/c1-28-18-7-8-19-16(13-18)5-4-12-25(19)21(26)15-29-20-9-6-17(14-23-20)22(27)24-10-2-3-11-24/h6-9,13-14H,2-5,10-12,15H2,1H3. The number of carbonyl (C=O) groups is 2. The van der Waals surface area contributed by atoms with E-state index in [-0.39, 0.29) is 11.8 Å². The molecule has 3 heterocycles. The summed E-state index contributed by atoms with van der Waals surface area (Å²) >= 11 is 1.41. The van der Waals surface area contributed by atoms with Crippen LogP contribution in [-0.4, -0.2) is 54.2 Å². The fourth-order valence-corrected chi connectivity index (χ4v) is 4.59. The van der Waals surface area contributed by atoms with Gasteiger partial charge < -0.3 is 14.5 Å². The van der Waals surface area contributed by atoms with Crippen LogP contribution in [0, 0.1) is 0 Å². The minimum absolute atomic E-state index is 0.0444. The van der Waals surface area contributed by atoms with E-state index in [1.54, 1.807) is 13.3 Å². The van der Waals surface area contributed by atoms with Gasteiger partial charge in [0, 0.05) is 31.5 Å². The Balaban J connectivity index is 1.37. The summed E-state index contributed by atoms with van der Waals surface area (Å²) in [5.74, 6) is 1.25. The van der Waals surface area contributed by atoms with Gasteiger partial charge in [-0.3, -0.25) is 9.59 Å². The van der Waals surface area contributed by atoms with Crippen LogP contribution in [0.3, 0.4) is 0 Å². The number of aryl methyl sites for hydroxylation is 1. The molecule has 0 spiro atoms. The number of ether oxygens (including phenoxy) is 1. The van der Waals surface area contributed by atoms with E-state index in [2.05, 4.69) is 4.98 Å². The number of nitrogens with zero attached hydrogens (tertiary/aromatic N) is 3. The Morgan fingerprint density at radius 1 is 1.10 bits per heavy atom. The highest BCUT2D eigenvalue weighted by Crippen LogP contribution is 2.31. The van der Waals surface area contributed by atoms with Crippen LogP contribution in [0.2, 0.25) is 0 Å². The van der Waals surface area contributed by atoms with Gasteiger partial charge in [-0.2, -0.15) is 0 Å². The van der Waals surface area contributed by atoms with Crippen molar-refractivity contribution in [1.29, 1.82) is 0 Å². The van der Waals surface area contributed by atoms with Crippen LogP contribution < -0.4 is 9.64 Å². The summed E-state index contributed by atoms with van der Waals surface area (Å²) in [7, 11) is 1.65. The van der Waals surface area contributed by atoms with Gasteiger partial charge in [0.1, 0.15) is 5.75 Å². The molecule has 7 heteroatoms.